The van der Waals surface area contributed by atoms with Gasteiger partial charge in [0.1, 0.15) is 0 Å². The number of halogens is 3. The lowest BCUT2D eigenvalue weighted by Crippen LogP contribution is -2.35. The molecule has 0 bridgehead atoms. The van der Waals surface area contributed by atoms with Crippen LogP contribution in [0.1, 0.15) is 29.6 Å². The second-order valence-corrected chi connectivity index (χ2v) is 6.16. The van der Waals surface area contributed by atoms with Crippen LogP contribution in [0, 0.1) is 0 Å². The number of likely N-dealkylation sites (tertiary alicyclic amines) is 1. The second kappa shape index (κ2) is 7.27. The maximum Gasteiger partial charge on any atom is 0.573 e. The first-order valence-corrected chi connectivity index (χ1v) is 8.32. The van der Waals surface area contributed by atoms with Gasteiger partial charge in [0.2, 0.25) is 0 Å². The largest absolute Gasteiger partial charge is 0.573 e. The molecular weight excluding hydrogens is 347 g/mol. The minimum absolute atomic E-state index is 0.0388. The Kier molecular flexibility index (Phi) is 5.06. The summed E-state index contributed by atoms with van der Waals surface area (Å²) in [4.78, 5) is 14.3. The van der Waals surface area contributed by atoms with Crippen LogP contribution in [0.2, 0.25) is 0 Å². The fourth-order valence-corrected chi connectivity index (χ4v) is 2.98. The Bertz CT molecular complexity index is 782. The van der Waals surface area contributed by atoms with Crippen molar-refractivity contribution in [2.45, 2.75) is 25.6 Å². The summed E-state index contributed by atoms with van der Waals surface area (Å²) in [6, 6.07) is 10.4. The van der Waals surface area contributed by atoms with Crippen LogP contribution in [-0.2, 0) is 0 Å². The molecule has 0 aromatic heterocycles. The van der Waals surface area contributed by atoms with Gasteiger partial charge in [0.25, 0.3) is 5.91 Å². The molecule has 2 aromatic carbocycles. The third-order valence-electron chi connectivity index (χ3n) is 4.29. The van der Waals surface area contributed by atoms with Crippen LogP contribution >= 0.6 is 0 Å². The van der Waals surface area contributed by atoms with Crippen molar-refractivity contribution >= 4 is 5.91 Å². The van der Waals surface area contributed by atoms with E-state index in [1.165, 1.54) is 6.07 Å². The molecule has 138 valence electrons. The molecule has 1 amide bonds. The van der Waals surface area contributed by atoms with Gasteiger partial charge in [-0.25, -0.2) is 0 Å². The van der Waals surface area contributed by atoms with Crippen molar-refractivity contribution < 1.29 is 27.8 Å². The molecule has 4 nitrogen and oxygen atoms in total. The number of rotatable bonds is 3. The maximum atomic E-state index is 12.5. The molecule has 1 heterocycles. The summed E-state index contributed by atoms with van der Waals surface area (Å²) >= 11 is 0. The van der Waals surface area contributed by atoms with E-state index >= 15 is 0 Å². The molecular formula is C19H18F3NO3. The van der Waals surface area contributed by atoms with Gasteiger partial charge in [0.05, 0.1) is 0 Å². The number of hydrogen-bond acceptors (Lipinski definition) is 3. The van der Waals surface area contributed by atoms with Crippen molar-refractivity contribution in [2.75, 3.05) is 13.1 Å². The van der Waals surface area contributed by atoms with Gasteiger partial charge in [-0.15, -0.1) is 13.2 Å². The van der Waals surface area contributed by atoms with E-state index < -0.39 is 17.9 Å². The molecule has 0 saturated carbocycles. The molecule has 2 aromatic rings. The van der Waals surface area contributed by atoms with Crippen LogP contribution in [0.3, 0.4) is 0 Å². The smallest absolute Gasteiger partial charge is 0.504 e. The predicted octanol–water partition coefficient (Wildman–Crippen LogP) is 4.58. The zero-order valence-corrected chi connectivity index (χ0v) is 13.9. The minimum Gasteiger partial charge on any atom is -0.504 e. The van der Waals surface area contributed by atoms with E-state index in [-0.39, 0.29) is 5.91 Å². The van der Waals surface area contributed by atoms with Crippen molar-refractivity contribution in [2.24, 2.45) is 0 Å². The molecule has 1 aliphatic heterocycles. The number of carbonyl (C=O) groups excluding carboxylic acids is 1. The van der Waals surface area contributed by atoms with Gasteiger partial charge in [0.15, 0.2) is 11.5 Å². The van der Waals surface area contributed by atoms with Crippen molar-refractivity contribution in [3.63, 3.8) is 0 Å². The van der Waals surface area contributed by atoms with Crippen LogP contribution < -0.4 is 4.74 Å². The van der Waals surface area contributed by atoms with Crippen LogP contribution in [0.25, 0.3) is 11.1 Å². The highest BCUT2D eigenvalue weighted by atomic mass is 19.4. The molecule has 0 unspecified atom stereocenters. The fraction of sp³-hybridized carbons (Fsp3) is 0.316. The molecule has 7 heteroatoms. The number of carbonyl (C=O) groups is 1. The highest BCUT2D eigenvalue weighted by molar-refractivity contribution is 5.94. The number of hydrogen-bond donors (Lipinski definition) is 1. The van der Waals surface area contributed by atoms with Gasteiger partial charge in [-0.2, -0.15) is 0 Å². The molecule has 0 atom stereocenters. The van der Waals surface area contributed by atoms with E-state index in [1.54, 1.807) is 24.3 Å². The minimum atomic E-state index is -4.89. The number of phenols is 1. The average molecular weight is 365 g/mol. The summed E-state index contributed by atoms with van der Waals surface area (Å²) < 4.78 is 41.0. The van der Waals surface area contributed by atoms with E-state index in [0.29, 0.717) is 16.7 Å². The maximum absolute atomic E-state index is 12.5. The van der Waals surface area contributed by atoms with Crippen LogP contribution in [0.5, 0.6) is 11.5 Å². The summed E-state index contributed by atoms with van der Waals surface area (Å²) in [5, 5.41) is 9.53. The van der Waals surface area contributed by atoms with E-state index in [4.69, 9.17) is 0 Å². The Morgan fingerprint density at radius 2 is 1.58 bits per heavy atom. The van der Waals surface area contributed by atoms with Gasteiger partial charge < -0.3 is 14.7 Å². The Hall–Kier alpha value is -2.70. The second-order valence-electron chi connectivity index (χ2n) is 6.16. The van der Waals surface area contributed by atoms with E-state index in [2.05, 4.69) is 4.74 Å². The molecule has 1 fully saturated rings. The number of amides is 1. The Morgan fingerprint density at radius 1 is 0.962 bits per heavy atom. The number of phenolic OH excluding ortho intramolecular Hbond substituents is 1. The summed E-state index contributed by atoms with van der Waals surface area (Å²) in [5.41, 5.74) is 1.60. The lowest BCUT2D eigenvalue weighted by Gasteiger charge is -2.26. The molecule has 1 N–H and O–H groups in total. The first-order valence-electron chi connectivity index (χ1n) is 8.32. The van der Waals surface area contributed by atoms with Crippen LogP contribution in [-0.4, -0.2) is 35.4 Å². The van der Waals surface area contributed by atoms with Crippen molar-refractivity contribution in [1.29, 1.82) is 0 Å². The highest BCUT2D eigenvalue weighted by Crippen LogP contribution is 2.35. The van der Waals surface area contributed by atoms with Crippen LogP contribution in [0.4, 0.5) is 13.2 Å². The number of piperidine rings is 1. The van der Waals surface area contributed by atoms with Crippen molar-refractivity contribution in [3.8, 4) is 22.6 Å². The Morgan fingerprint density at radius 3 is 2.19 bits per heavy atom. The average Bonchev–Trinajstić information content (AvgIpc) is 2.63. The van der Waals surface area contributed by atoms with Gasteiger partial charge >= 0.3 is 6.36 Å². The molecule has 0 aliphatic carbocycles. The van der Waals surface area contributed by atoms with E-state index in [0.717, 1.165) is 44.5 Å². The first kappa shape index (κ1) is 18.1. The fourth-order valence-electron chi connectivity index (χ4n) is 2.98. The topological polar surface area (TPSA) is 49.8 Å². The zero-order chi connectivity index (χ0) is 18.7. The van der Waals surface area contributed by atoms with E-state index in [9.17, 15) is 23.1 Å². The molecule has 1 saturated heterocycles. The van der Waals surface area contributed by atoms with Crippen molar-refractivity contribution in [3.05, 3.63) is 48.0 Å². The number of alkyl halides is 3. The normalized spacial score (nSPS) is 15.0. The predicted molar refractivity (Wildman–Crippen MR) is 90.0 cm³/mol. The molecule has 3 rings (SSSR count). The summed E-state index contributed by atoms with van der Waals surface area (Å²) in [6.45, 7) is 1.49. The molecule has 26 heavy (non-hydrogen) atoms. The van der Waals surface area contributed by atoms with Gasteiger partial charge in [-0.05, 0) is 54.7 Å². The van der Waals surface area contributed by atoms with Gasteiger partial charge in [0, 0.05) is 18.7 Å². The standard InChI is InChI=1S/C19H18F3NO3/c20-19(21,22)26-17-12-15(8-9-16(17)24)13-4-6-14(7-5-13)18(25)23-10-2-1-3-11-23/h4-9,12,24H,1-3,10-11H2. The Labute approximate surface area is 148 Å². The number of ether oxygens (including phenoxy) is 1. The Balaban J connectivity index is 1.80. The zero-order valence-electron chi connectivity index (χ0n) is 13.9. The van der Waals surface area contributed by atoms with Gasteiger partial charge in [-0.1, -0.05) is 18.2 Å². The van der Waals surface area contributed by atoms with Gasteiger partial charge in [-0.3, -0.25) is 4.79 Å². The third kappa shape index (κ3) is 4.28. The highest BCUT2D eigenvalue weighted by Gasteiger charge is 2.32. The summed E-state index contributed by atoms with van der Waals surface area (Å²) in [5.74, 6) is -1.30. The SMILES string of the molecule is O=C(c1ccc(-c2ccc(O)c(OC(F)(F)F)c2)cc1)N1CCCCC1. The number of nitrogens with zero attached hydrogens (tertiary/aromatic N) is 1. The molecule has 0 spiro atoms. The quantitative estimate of drug-likeness (QED) is 0.866. The third-order valence-corrected chi connectivity index (χ3v) is 4.29. The molecule has 1 aliphatic rings. The lowest BCUT2D eigenvalue weighted by molar-refractivity contribution is -0.275. The number of aromatic hydroxyl groups is 1. The number of benzene rings is 2. The van der Waals surface area contributed by atoms with Crippen LogP contribution in [0.15, 0.2) is 42.5 Å². The van der Waals surface area contributed by atoms with Crippen molar-refractivity contribution in [1.82, 2.24) is 4.90 Å². The summed E-state index contributed by atoms with van der Waals surface area (Å²) in [7, 11) is 0. The monoisotopic (exact) mass is 365 g/mol. The first-order chi connectivity index (χ1) is 12.3. The molecule has 0 radical (unpaired) electrons. The summed E-state index contributed by atoms with van der Waals surface area (Å²) in [6.07, 6.45) is -1.76. The van der Waals surface area contributed by atoms with E-state index in [1.807, 2.05) is 4.90 Å². The lowest BCUT2D eigenvalue weighted by atomic mass is 10.0.